The molecule has 0 saturated carbocycles. The summed E-state index contributed by atoms with van der Waals surface area (Å²) in [6, 6.07) is 7.94. The zero-order valence-corrected chi connectivity index (χ0v) is 13.5. The van der Waals surface area contributed by atoms with Crippen LogP contribution in [0.2, 0.25) is 0 Å². The van der Waals surface area contributed by atoms with Crippen LogP contribution in [-0.4, -0.2) is 24.7 Å². The maximum absolute atomic E-state index is 5.82. The minimum atomic E-state index is 0.602. The molecule has 0 bridgehead atoms. The highest BCUT2D eigenvalue weighted by molar-refractivity contribution is 6.11. The summed E-state index contributed by atoms with van der Waals surface area (Å²) < 4.78 is 7.42. The Morgan fingerprint density at radius 3 is 2.87 bits per heavy atom. The molecule has 0 spiro atoms. The normalized spacial score (nSPS) is 16.8. The van der Waals surface area contributed by atoms with Crippen LogP contribution < -0.4 is 5.73 Å². The van der Waals surface area contributed by atoms with E-state index in [4.69, 9.17) is 15.1 Å². The van der Waals surface area contributed by atoms with Gasteiger partial charge in [-0.3, -0.25) is 0 Å². The molecule has 1 aliphatic rings. The smallest absolute Gasteiger partial charge is 0.223 e. The number of allylic oxidation sites excluding steroid dienone is 3. The summed E-state index contributed by atoms with van der Waals surface area (Å²) in [4.78, 5) is 4.79. The van der Waals surface area contributed by atoms with E-state index in [1.165, 1.54) is 11.3 Å². The van der Waals surface area contributed by atoms with Crippen LogP contribution in [0.15, 0.2) is 69.6 Å². The van der Waals surface area contributed by atoms with Crippen LogP contribution in [0.4, 0.5) is 0 Å². The summed E-state index contributed by atoms with van der Waals surface area (Å²) in [7, 11) is 2.04. The summed E-state index contributed by atoms with van der Waals surface area (Å²) >= 11 is 0. The largest absolute Gasteiger partial charge is 0.465 e. The highest BCUT2D eigenvalue weighted by Gasteiger charge is 2.16. The number of nitrogens with two attached hydrogens (primary N) is 1. The van der Waals surface area contributed by atoms with Crippen molar-refractivity contribution in [3.63, 3.8) is 0 Å². The Balaban J connectivity index is 1.97. The quantitative estimate of drug-likeness (QED) is 0.863. The van der Waals surface area contributed by atoms with Gasteiger partial charge in [0.2, 0.25) is 7.98 Å². The number of hydrogen-bond acceptors (Lipinski definition) is 3. The molecule has 4 nitrogen and oxygen atoms in total. The third-order valence-electron chi connectivity index (χ3n) is 3.87. The van der Waals surface area contributed by atoms with E-state index in [-0.39, 0.29) is 0 Å². The van der Waals surface area contributed by atoms with Crippen molar-refractivity contribution >= 4 is 25.3 Å². The lowest BCUT2D eigenvalue weighted by atomic mass is 10.0. The molecule has 2 aromatic rings. The average molecular weight is 305 g/mol. The number of nitrogens with zero attached hydrogens (tertiary/aromatic N) is 2. The van der Waals surface area contributed by atoms with Gasteiger partial charge in [-0.05, 0) is 74.2 Å². The molecule has 0 unspecified atom stereocenters. The Hall–Kier alpha value is -2.53. The van der Waals surface area contributed by atoms with E-state index in [0.717, 1.165) is 29.2 Å². The molecule has 0 radical (unpaired) electrons. The first-order valence-electron chi connectivity index (χ1n) is 7.73. The first-order chi connectivity index (χ1) is 11.2. The molecule has 0 amide bonds. The van der Waals surface area contributed by atoms with E-state index in [0.29, 0.717) is 6.54 Å². The third-order valence-corrected chi connectivity index (χ3v) is 3.87. The second-order valence-corrected chi connectivity index (χ2v) is 5.58. The molecule has 2 aromatic heterocycles. The molecule has 0 aromatic carbocycles. The highest BCUT2D eigenvalue weighted by atomic mass is 16.3. The van der Waals surface area contributed by atoms with Crippen molar-refractivity contribution in [1.29, 1.82) is 0 Å². The van der Waals surface area contributed by atoms with Gasteiger partial charge in [-0.1, -0.05) is 0 Å². The van der Waals surface area contributed by atoms with Crippen molar-refractivity contribution in [2.24, 2.45) is 10.7 Å². The first-order valence-corrected chi connectivity index (χ1v) is 7.73. The number of aromatic nitrogens is 1. The van der Waals surface area contributed by atoms with Crippen molar-refractivity contribution in [3.05, 3.63) is 71.6 Å². The first kappa shape index (κ1) is 15.4. The van der Waals surface area contributed by atoms with Crippen LogP contribution in [0.1, 0.15) is 24.8 Å². The van der Waals surface area contributed by atoms with Crippen molar-refractivity contribution in [3.8, 4) is 0 Å². The summed E-state index contributed by atoms with van der Waals surface area (Å²) in [6.07, 6.45) is 10.5. The van der Waals surface area contributed by atoms with E-state index in [1.54, 1.807) is 6.26 Å². The van der Waals surface area contributed by atoms with E-state index in [9.17, 15) is 0 Å². The van der Waals surface area contributed by atoms with Crippen molar-refractivity contribution < 1.29 is 4.42 Å². The fraction of sp³-hybridized carbons (Fsp3) is 0.167. The van der Waals surface area contributed by atoms with Crippen LogP contribution in [0.25, 0.3) is 11.6 Å². The maximum atomic E-state index is 5.82. The zero-order chi connectivity index (χ0) is 16.2. The van der Waals surface area contributed by atoms with Crippen LogP contribution in [0.3, 0.4) is 0 Å². The monoisotopic (exact) mass is 305 g/mol. The van der Waals surface area contributed by atoms with Gasteiger partial charge in [-0.15, -0.1) is 0 Å². The molecule has 5 heteroatoms. The maximum Gasteiger partial charge on any atom is 0.223 e. The number of aliphatic imine (C=N–C) groups is 1. The Morgan fingerprint density at radius 2 is 2.22 bits per heavy atom. The predicted molar refractivity (Wildman–Crippen MR) is 97.9 cm³/mol. The summed E-state index contributed by atoms with van der Waals surface area (Å²) in [5.41, 5.74) is 11.3. The molecule has 1 aliphatic heterocycles. The van der Waals surface area contributed by atoms with Gasteiger partial charge in [-0.2, -0.15) is 0 Å². The lowest BCUT2D eigenvalue weighted by Crippen LogP contribution is -2.05. The van der Waals surface area contributed by atoms with Crippen LogP contribution in [-0.2, 0) is 0 Å². The summed E-state index contributed by atoms with van der Waals surface area (Å²) in [5.74, 6) is 0.820. The standard InChI is InChI=1S/C18H20BN3O/c1-13-12-14(6-7-15-4-3-11-23-15)21-18(13)16(8-9-20)17-5-2-10-22(17)19/h2-7,10-12H,8-9,19-20H2,1H3/b7-6+,18-16-. The van der Waals surface area contributed by atoms with Gasteiger partial charge >= 0.3 is 0 Å². The van der Waals surface area contributed by atoms with Gasteiger partial charge in [0, 0.05) is 11.3 Å². The molecule has 0 aliphatic carbocycles. The van der Waals surface area contributed by atoms with Gasteiger partial charge in [0.15, 0.2) is 0 Å². The summed E-state index contributed by atoms with van der Waals surface area (Å²) in [5, 5.41) is 0. The molecular formula is C18H20BN3O. The van der Waals surface area contributed by atoms with E-state index < -0.39 is 0 Å². The number of hydrogen-bond donors (Lipinski definition) is 1. The molecule has 0 fully saturated rings. The van der Waals surface area contributed by atoms with Crippen molar-refractivity contribution in [1.82, 2.24) is 4.48 Å². The average Bonchev–Trinajstić information content (AvgIpc) is 3.25. The molecular weight excluding hydrogens is 285 g/mol. The number of furan rings is 1. The van der Waals surface area contributed by atoms with Crippen LogP contribution >= 0.6 is 0 Å². The third kappa shape index (κ3) is 3.30. The SMILES string of the molecule is Bn1cccc1/C(CCN)=C1N=C(/C=C/c2ccco2)C=C\1C. The molecule has 3 heterocycles. The zero-order valence-electron chi connectivity index (χ0n) is 13.5. The highest BCUT2D eigenvalue weighted by Crippen LogP contribution is 2.30. The van der Waals surface area contributed by atoms with Crippen molar-refractivity contribution in [2.75, 3.05) is 6.54 Å². The fourth-order valence-electron chi connectivity index (χ4n) is 2.77. The van der Waals surface area contributed by atoms with Crippen LogP contribution in [0, 0.1) is 0 Å². The molecule has 0 saturated heterocycles. The second kappa shape index (κ2) is 6.71. The van der Waals surface area contributed by atoms with Crippen LogP contribution in [0.5, 0.6) is 0 Å². The molecule has 116 valence electrons. The van der Waals surface area contributed by atoms with E-state index in [2.05, 4.69) is 23.5 Å². The van der Waals surface area contributed by atoms with Gasteiger partial charge < -0.3 is 14.6 Å². The Morgan fingerprint density at radius 1 is 1.35 bits per heavy atom. The van der Waals surface area contributed by atoms with E-state index >= 15 is 0 Å². The molecule has 2 N–H and O–H groups in total. The van der Waals surface area contributed by atoms with Gasteiger partial charge in [-0.25, -0.2) is 4.99 Å². The minimum Gasteiger partial charge on any atom is -0.465 e. The van der Waals surface area contributed by atoms with Gasteiger partial charge in [0.25, 0.3) is 0 Å². The Bertz CT molecular complexity index is 807. The minimum absolute atomic E-state index is 0.602. The topological polar surface area (TPSA) is 56.5 Å². The van der Waals surface area contributed by atoms with Crippen molar-refractivity contribution in [2.45, 2.75) is 13.3 Å². The second-order valence-electron chi connectivity index (χ2n) is 5.58. The predicted octanol–water partition coefficient (Wildman–Crippen LogP) is 2.65. The molecule has 3 rings (SSSR count). The van der Waals surface area contributed by atoms with E-state index in [1.807, 2.05) is 44.5 Å². The van der Waals surface area contributed by atoms with Gasteiger partial charge in [0.05, 0.1) is 17.7 Å². The molecule has 0 atom stereocenters. The lowest BCUT2D eigenvalue weighted by Gasteiger charge is -2.11. The Kier molecular flexibility index (Phi) is 4.48. The molecule has 23 heavy (non-hydrogen) atoms. The van der Waals surface area contributed by atoms with Gasteiger partial charge in [0.1, 0.15) is 5.76 Å². The number of rotatable bonds is 5. The fourth-order valence-corrected chi connectivity index (χ4v) is 2.77. The summed E-state index contributed by atoms with van der Waals surface area (Å²) in [6.45, 7) is 2.69. The lowest BCUT2D eigenvalue weighted by molar-refractivity contribution is 0.557. The Labute approximate surface area is 137 Å².